The van der Waals surface area contributed by atoms with Crippen molar-refractivity contribution in [3.63, 3.8) is 0 Å². The van der Waals surface area contributed by atoms with Gasteiger partial charge in [0.15, 0.2) is 11.5 Å². The average molecular weight is 437 g/mol. The molecule has 168 valence electrons. The summed E-state index contributed by atoms with van der Waals surface area (Å²) in [6.07, 6.45) is 2.01. The van der Waals surface area contributed by atoms with Crippen LogP contribution in [0.15, 0.2) is 42.0 Å². The Morgan fingerprint density at radius 1 is 1.16 bits per heavy atom. The van der Waals surface area contributed by atoms with E-state index in [-0.39, 0.29) is 17.7 Å². The van der Waals surface area contributed by atoms with Crippen molar-refractivity contribution in [3.8, 4) is 23.3 Å². The van der Waals surface area contributed by atoms with E-state index in [0.717, 1.165) is 5.75 Å². The molecule has 0 atom stereocenters. The van der Waals surface area contributed by atoms with Crippen LogP contribution in [0.1, 0.15) is 49.3 Å². The average Bonchev–Trinajstić information content (AvgIpc) is 2.75. The second kappa shape index (κ2) is 11.6. The van der Waals surface area contributed by atoms with E-state index in [1.54, 1.807) is 18.2 Å². The molecule has 0 heterocycles. The summed E-state index contributed by atoms with van der Waals surface area (Å²) in [5, 5.41) is 8.95. The first kappa shape index (κ1) is 24.5. The summed E-state index contributed by atoms with van der Waals surface area (Å²) >= 11 is 0. The van der Waals surface area contributed by atoms with Gasteiger partial charge in [0.2, 0.25) is 0 Å². The molecular weight excluding hydrogens is 408 g/mol. The molecule has 2 aromatic carbocycles. The fraction of sp³-hybridized carbons (Fsp3) is 0.320. The smallest absolute Gasteiger partial charge is 0.311 e. The molecule has 0 aliphatic heterocycles. The summed E-state index contributed by atoms with van der Waals surface area (Å²) in [7, 11) is 1.43. The zero-order chi connectivity index (χ0) is 23.7. The minimum absolute atomic E-state index is 0.175. The Labute approximate surface area is 188 Å². The predicted octanol–water partition coefficient (Wildman–Crippen LogP) is 4.28. The lowest BCUT2D eigenvalue weighted by Crippen LogP contribution is -2.12. The first-order chi connectivity index (χ1) is 15.2. The fourth-order valence-electron chi connectivity index (χ4n) is 3.15. The standard InChI is InChI=1S/C25H28N2O5/c1-16(2)21-9-8-20(12-17(21)3)31-11-5-6-24(28)32-22-10-7-18(14-23(22)30-4)13-19(15-26)25(27)29/h7-10,12-14,16H,5-6,11H2,1-4H3,(H2,27,29)/b19-13+. The van der Waals surface area contributed by atoms with Crippen LogP contribution < -0.4 is 19.9 Å². The number of hydrogen-bond acceptors (Lipinski definition) is 6. The molecular formula is C25H28N2O5. The normalized spacial score (nSPS) is 11.1. The quantitative estimate of drug-likeness (QED) is 0.196. The van der Waals surface area contributed by atoms with E-state index in [0.29, 0.717) is 30.3 Å². The van der Waals surface area contributed by atoms with Crippen LogP contribution in [-0.4, -0.2) is 25.6 Å². The van der Waals surface area contributed by atoms with Crippen molar-refractivity contribution in [3.05, 3.63) is 58.7 Å². The molecule has 0 fully saturated rings. The van der Waals surface area contributed by atoms with Gasteiger partial charge in [0, 0.05) is 6.42 Å². The maximum atomic E-state index is 12.2. The van der Waals surface area contributed by atoms with E-state index >= 15 is 0 Å². The number of benzene rings is 2. The molecule has 2 N–H and O–H groups in total. The highest BCUT2D eigenvalue weighted by Gasteiger charge is 2.12. The van der Waals surface area contributed by atoms with Crippen LogP contribution in [0.4, 0.5) is 0 Å². The van der Waals surface area contributed by atoms with Crippen LogP contribution in [0, 0.1) is 18.3 Å². The fourth-order valence-corrected chi connectivity index (χ4v) is 3.15. The SMILES string of the molecule is COc1cc(/C=C(\C#N)C(N)=O)ccc1OC(=O)CCCOc1ccc(C(C)C)c(C)c1. The van der Waals surface area contributed by atoms with Gasteiger partial charge in [-0.3, -0.25) is 9.59 Å². The number of ether oxygens (including phenoxy) is 3. The lowest BCUT2D eigenvalue weighted by atomic mass is 9.98. The second-order valence-electron chi connectivity index (χ2n) is 7.54. The first-order valence-electron chi connectivity index (χ1n) is 10.3. The number of hydrogen-bond donors (Lipinski definition) is 1. The highest BCUT2D eigenvalue weighted by atomic mass is 16.6. The van der Waals surface area contributed by atoms with Crippen LogP contribution >= 0.6 is 0 Å². The van der Waals surface area contributed by atoms with Crippen LogP contribution in [-0.2, 0) is 9.59 Å². The maximum Gasteiger partial charge on any atom is 0.311 e. The molecule has 0 unspecified atom stereocenters. The van der Waals surface area contributed by atoms with Crippen molar-refractivity contribution < 1.29 is 23.8 Å². The van der Waals surface area contributed by atoms with Gasteiger partial charge in [-0.15, -0.1) is 0 Å². The Kier molecular flexibility index (Phi) is 8.84. The third kappa shape index (κ3) is 6.88. The Morgan fingerprint density at radius 3 is 2.50 bits per heavy atom. The van der Waals surface area contributed by atoms with E-state index in [1.807, 2.05) is 12.1 Å². The Balaban J connectivity index is 1.91. The van der Waals surface area contributed by atoms with Gasteiger partial charge >= 0.3 is 5.97 Å². The van der Waals surface area contributed by atoms with Crippen molar-refractivity contribution in [2.45, 2.75) is 39.5 Å². The van der Waals surface area contributed by atoms with Crippen molar-refractivity contribution in [2.24, 2.45) is 5.73 Å². The molecule has 7 heteroatoms. The van der Waals surface area contributed by atoms with Gasteiger partial charge in [0.05, 0.1) is 13.7 Å². The monoisotopic (exact) mass is 436 g/mol. The Hall–Kier alpha value is -3.79. The predicted molar refractivity (Wildman–Crippen MR) is 121 cm³/mol. The molecule has 7 nitrogen and oxygen atoms in total. The van der Waals surface area contributed by atoms with Gasteiger partial charge in [0.1, 0.15) is 17.4 Å². The van der Waals surface area contributed by atoms with Gasteiger partial charge in [-0.25, -0.2) is 0 Å². The van der Waals surface area contributed by atoms with Crippen molar-refractivity contribution in [2.75, 3.05) is 13.7 Å². The maximum absolute atomic E-state index is 12.2. The van der Waals surface area contributed by atoms with E-state index in [9.17, 15) is 9.59 Å². The second-order valence-corrected chi connectivity index (χ2v) is 7.54. The topological polar surface area (TPSA) is 112 Å². The number of nitriles is 1. The molecule has 0 bridgehead atoms. The molecule has 32 heavy (non-hydrogen) atoms. The summed E-state index contributed by atoms with van der Waals surface area (Å²) < 4.78 is 16.4. The number of primary amides is 1. The number of amides is 1. The van der Waals surface area contributed by atoms with Gasteiger partial charge in [-0.05, 0) is 66.3 Å². The molecule has 0 radical (unpaired) electrons. The summed E-state index contributed by atoms with van der Waals surface area (Å²) in [5.41, 5.74) is 7.94. The molecule has 0 saturated carbocycles. The lowest BCUT2D eigenvalue weighted by Gasteiger charge is -2.13. The largest absolute Gasteiger partial charge is 0.494 e. The Bertz CT molecular complexity index is 1050. The highest BCUT2D eigenvalue weighted by molar-refractivity contribution is 6.00. The molecule has 0 aromatic heterocycles. The van der Waals surface area contributed by atoms with Gasteiger partial charge in [0.25, 0.3) is 5.91 Å². The minimum atomic E-state index is -0.824. The molecule has 0 saturated heterocycles. The third-order valence-corrected chi connectivity index (χ3v) is 4.77. The molecule has 0 spiro atoms. The number of rotatable bonds is 10. The highest BCUT2D eigenvalue weighted by Crippen LogP contribution is 2.29. The van der Waals surface area contributed by atoms with Gasteiger partial charge in [-0.1, -0.05) is 26.0 Å². The van der Waals surface area contributed by atoms with E-state index in [2.05, 4.69) is 26.8 Å². The van der Waals surface area contributed by atoms with Gasteiger partial charge in [-0.2, -0.15) is 5.26 Å². The number of carbonyl (C=O) groups excluding carboxylic acids is 2. The van der Waals surface area contributed by atoms with Gasteiger partial charge < -0.3 is 19.9 Å². The van der Waals surface area contributed by atoms with Crippen molar-refractivity contribution in [1.82, 2.24) is 0 Å². The number of nitrogens with two attached hydrogens (primary N) is 1. The van der Waals surface area contributed by atoms with Crippen LogP contribution in [0.3, 0.4) is 0 Å². The summed E-state index contributed by atoms with van der Waals surface area (Å²) in [4.78, 5) is 23.4. The van der Waals surface area contributed by atoms with E-state index in [1.165, 1.54) is 30.4 Å². The molecule has 1 amide bonds. The zero-order valence-corrected chi connectivity index (χ0v) is 18.8. The molecule has 0 aliphatic carbocycles. The third-order valence-electron chi connectivity index (χ3n) is 4.77. The van der Waals surface area contributed by atoms with Crippen LogP contribution in [0.2, 0.25) is 0 Å². The van der Waals surface area contributed by atoms with E-state index in [4.69, 9.17) is 25.2 Å². The number of nitrogens with zero attached hydrogens (tertiary/aromatic N) is 1. The number of esters is 1. The van der Waals surface area contributed by atoms with Crippen molar-refractivity contribution in [1.29, 1.82) is 5.26 Å². The zero-order valence-electron chi connectivity index (χ0n) is 18.8. The van der Waals surface area contributed by atoms with Crippen LogP contribution in [0.5, 0.6) is 17.2 Å². The number of methoxy groups -OCH3 is 1. The number of aryl methyl sites for hydroxylation is 1. The molecule has 2 rings (SSSR count). The molecule has 2 aromatic rings. The Morgan fingerprint density at radius 2 is 1.91 bits per heavy atom. The van der Waals surface area contributed by atoms with Crippen molar-refractivity contribution >= 4 is 18.0 Å². The number of carbonyl (C=O) groups is 2. The van der Waals surface area contributed by atoms with E-state index < -0.39 is 11.9 Å². The molecule has 0 aliphatic rings. The first-order valence-corrected chi connectivity index (χ1v) is 10.3. The summed E-state index contributed by atoms with van der Waals surface area (Å²) in [6.45, 7) is 6.75. The summed E-state index contributed by atoms with van der Waals surface area (Å²) in [6, 6.07) is 12.4. The minimum Gasteiger partial charge on any atom is -0.494 e. The van der Waals surface area contributed by atoms with Crippen LogP contribution in [0.25, 0.3) is 6.08 Å². The summed E-state index contributed by atoms with van der Waals surface area (Å²) in [5.74, 6) is 0.529. The lowest BCUT2D eigenvalue weighted by molar-refractivity contribution is -0.134.